The van der Waals surface area contributed by atoms with Crippen LogP contribution in [0.5, 0.6) is 5.75 Å². The summed E-state index contributed by atoms with van der Waals surface area (Å²) in [7, 11) is 1.58. The zero-order chi connectivity index (χ0) is 18.5. The summed E-state index contributed by atoms with van der Waals surface area (Å²) in [6.45, 7) is 3.09. The van der Waals surface area contributed by atoms with E-state index in [2.05, 4.69) is 4.99 Å². The fraction of sp³-hybridized carbons (Fsp3) is 0.263. The van der Waals surface area contributed by atoms with Crippen LogP contribution in [0.15, 0.2) is 47.5 Å². The molecule has 3 aromatic rings. The molecule has 1 amide bonds. The molecule has 5 nitrogen and oxygen atoms in total. The Morgan fingerprint density at radius 3 is 2.81 bits per heavy atom. The predicted octanol–water partition coefficient (Wildman–Crippen LogP) is 3.63. The second-order valence-corrected chi connectivity index (χ2v) is 6.47. The van der Waals surface area contributed by atoms with Crippen molar-refractivity contribution in [3.05, 3.63) is 58.6 Å². The monoisotopic (exact) mass is 374 g/mol. The van der Waals surface area contributed by atoms with E-state index in [4.69, 9.17) is 9.47 Å². The molecule has 2 aromatic carbocycles. The van der Waals surface area contributed by atoms with Gasteiger partial charge in [-0.2, -0.15) is 4.99 Å². The average molecular weight is 374 g/mol. The number of benzene rings is 2. The van der Waals surface area contributed by atoms with Gasteiger partial charge in [0.1, 0.15) is 11.6 Å². The third-order valence-corrected chi connectivity index (χ3v) is 4.83. The Kier molecular flexibility index (Phi) is 5.80. The molecule has 136 valence electrons. The molecule has 7 heteroatoms. The molecule has 0 unspecified atom stereocenters. The highest BCUT2D eigenvalue weighted by atomic mass is 32.1. The molecule has 0 aliphatic heterocycles. The van der Waals surface area contributed by atoms with E-state index >= 15 is 0 Å². The standard InChI is InChI=1S/C19H19FN2O3S/c1-3-25-15-9-5-4-7-13(15)18(23)21-19-22(11-12-24-2)17-14(20)8-6-10-16(17)26-19/h4-10H,3,11-12H2,1-2H3. The van der Waals surface area contributed by atoms with Gasteiger partial charge in [0, 0.05) is 13.7 Å². The highest BCUT2D eigenvalue weighted by molar-refractivity contribution is 7.16. The van der Waals surface area contributed by atoms with Crippen molar-refractivity contribution >= 4 is 27.5 Å². The van der Waals surface area contributed by atoms with Crippen LogP contribution in [0.1, 0.15) is 17.3 Å². The van der Waals surface area contributed by atoms with Crippen LogP contribution in [0.25, 0.3) is 10.2 Å². The van der Waals surface area contributed by atoms with Crippen molar-refractivity contribution in [2.45, 2.75) is 13.5 Å². The first-order valence-corrected chi connectivity index (χ1v) is 9.05. The lowest BCUT2D eigenvalue weighted by Crippen LogP contribution is -2.20. The number of nitrogens with zero attached hydrogens (tertiary/aromatic N) is 2. The first-order chi connectivity index (χ1) is 12.7. The normalized spacial score (nSPS) is 11.9. The molecule has 0 spiro atoms. The Balaban J connectivity index is 2.12. The Bertz CT molecular complexity index is 994. The molecule has 0 fully saturated rings. The van der Waals surface area contributed by atoms with E-state index in [0.29, 0.717) is 41.4 Å². The maximum atomic E-state index is 14.3. The molecular weight excluding hydrogens is 355 g/mol. The van der Waals surface area contributed by atoms with Crippen LogP contribution in [0.3, 0.4) is 0 Å². The molecule has 0 radical (unpaired) electrons. The van der Waals surface area contributed by atoms with E-state index in [9.17, 15) is 9.18 Å². The molecule has 0 aliphatic rings. The molecule has 0 atom stereocenters. The molecule has 1 aromatic heterocycles. The molecule has 0 aliphatic carbocycles. The van der Waals surface area contributed by atoms with Gasteiger partial charge in [-0.3, -0.25) is 4.79 Å². The van der Waals surface area contributed by atoms with Gasteiger partial charge in [-0.1, -0.05) is 29.5 Å². The lowest BCUT2D eigenvalue weighted by molar-refractivity contribution is 0.0993. The topological polar surface area (TPSA) is 52.8 Å². The van der Waals surface area contributed by atoms with Gasteiger partial charge in [0.25, 0.3) is 5.91 Å². The van der Waals surface area contributed by atoms with E-state index in [1.807, 2.05) is 13.0 Å². The predicted molar refractivity (Wildman–Crippen MR) is 99.2 cm³/mol. The maximum Gasteiger partial charge on any atom is 0.283 e. The molecule has 0 saturated carbocycles. The first-order valence-electron chi connectivity index (χ1n) is 8.23. The van der Waals surface area contributed by atoms with Crippen molar-refractivity contribution in [2.24, 2.45) is 4.99 Å². The summed E-state index contributed by atoms with van der Waals surface area (Å²) in [4.78, 5) is 17.4. The molecule has 3 rings (SSSR count). The number of hydrogen-bond donors (Lipinski definition) is 0. The number of halogens is 1. The summed E-state index contributed by atoms with van der Waals surface area (Å²) in [5.41, 5.74) is 0.810. The number of rotatable bonds is 6. The second kappa shape index (κ2) is 8.25. The zero-order valence-electron chi connectivity index (χ0n) is 14.6. The van der Waals surface area contributed by atoms with Gasteiger partial charge < -0.3 is 14.0 Å². The van der Waals surface area contributed by atoms with E-state index in [0.717, 1.165) is 4.70 Å². The largest absolute Gasteiger partial charge is 0.493 e. The van der Waals surface area contributed by atoms with Crippen LogP contribution in [0.2, 0.25) is 0 Å². The smallest absolute Gasteiger partial charge is 0.283 e. The van der Waals surface area contributed by atoms with Gasteiger partial charge in [-0.05, 0) is 31.2 Å². The van der Waals surface area contributed by atoms with Gasteiger partial charge in [0.05, 0.1) is 29.0 Å². The zero-order valence-corrected chi connectivity index (χ0v) is 15.4. The van der Waals surface area contributed by atoms with Crippen molar-refractivity contribution in [1.82, 2.24) is 4.57 Å². The van der Waals surface area contributed by atoms with Gasteiger partial charge in [-0.25, -0.2) is 4.39 Å². The van der Waals surface area contributed by atoms with Crippen LogP contribution in [-0.4, -0.2) is 30.8 Å². The number of para-hydroxylation sites is 2. The second-order valence-electron chi connectivity index (χ2n) is 5.46. The minimum Gasteiger partial charge on any atom is -0.493 e. The van der Waals surface area contributed by atoms with Gasteiger partial charge in [-0.15, -0.1) is 0 Å². The quantitative estimate of drug-likeness (QED) is 0.662. The Hall–Kier alpha value is -2.51. The Morgan fingerprint density at radius 1 is 1.23 bits per heavy atom. The summed E-state index contributed by atoms with van der Waals surface area (Å²) < 4.78 is 27.3. The summed E-state index contributed by atoms with van der Waals surface area (Å²) in [6, 6.07) is 11.8. The number of fused-ring (bicyclic) bond motifs is 1. The highest BCUT2D eigenvalue weighted by Gasteiger charge is 2.14. The van der Waals surface area contributed by atoms with Gasteiger partial charge >= 0.3 is 0 Å². The molecule has 0 bridgehead atoms. The molecule has 0 saturated heterocycles. The highest BCUT2D eigenvalue weighted by Crippen LogP contribution is 2.22. The number of ether oxygens (including phenoxy) is 2. The van der Waals surface area contributed by atoms with E-state index in [-0.39, 0.29) is 5.82 Å². The Labute approximate surface area is 154 Å². The third kappa shape index (κ3) is 3.68. The van der Waals surface area contributed by atoms with Crippen LogP contribution in [0, 0.1) is 5.82 Å². The van der Waals surface area contributed by atoms with Crippen LogP contribution >= 0.6 is 11.3 Å². The number of carbonyl (C=O) groups excluding carboxylic acids is 1. The summed E-state index contributed by atoms with van der Waals surface area (Å²) >= 11 is 1.27. The summed E-state index contributed by atoms with van der Waals surface area (Å²) in [5.74, 6) is -0.287. The van der Waals surface area contributed by atoms with Crippen molar-refractivity contribution in [3.8, 4) is 5.75 Å². The lowest BCUT2D eigenvalue weighted by Gasteiger charge is -2.07. The van der Waals surface area contributed by atoms with Crippen LogP contribution in [-0.2, 0) is 11.3 Å². The third-order valence-electron chi connectivity index (χ3n) is 3.79. The first kappa shape index (κ1) is 18.3. The fourth-order valence-electron chi connectivity index (χ4n) is 2.63. The van der Waals surface area contributed by atoms with E-state index in [1.54, 1.807) is 42.0 Å². The molecular formula is C19H19FN2O3S. The summed E-state index contributed by atoms with van der Waals surface area (Å²) in [5, 5.41) is 0. The molecule has 1 heterocycles. The van der Waals surface area contributed by atoms with Crippen LogP contribution < -0.4 is 9.54 Å². The Morgan fingerprint density at radius 2 is 2.04 bits per heavy atom. The maximum absolute atomic E-state index is 14.3. The minimum absolute atomic E-state index is 0.349. The molecule has 26 heavy (non-hydrogen) atoms. The van der Waals surface area contributed by atoms with Crippen molar-refractivity contribution in [2.75, 3.05) is 20.3 Å². The van der Waals surface area contributed by atoms with Crippen molar-refractivity contribution in [1.29, 1.82) is 0 Å². The number of methoxy groups -OCH3 is 1. The van der Waals surface area contributed by atoms with E-state index < -0.39 is 5.91 Å². The SMILES string of the molecule is CCOc1ccccc1C(=O)N=c1sc2cccc(F)c2n1CCOC. The summed E-state index contributed by atoms with van der Waals surface area (Å²) in [6.07, 6.45) is 0. The minimum atomic E-state index is -0.424. The average Bonchev–Trinajstić information content (AvgIpc) is 2.99. The molecule has 0 N–H and O–H groups in total. The number of carbonyl (C=O) groups is 1. The number of amides is 1. The fourth-order valence-corrected chi connectivity index (χ4v) is 3.70. The van der Waals surface area contributed by atoms with Gasteiger partial charge in [0.2, 0.25) is 0 Å². The van der Waals surface area contributed by atoms with Gasteiger partial charge in [0.15, 0.2) is 4.80 Å². The van der Waals surface area contributed by atoms with E-state index in [1.165, 1.54) is 17.4 Å². The lowest BCUT2D eigenvalue weighted by atomic mass is 10.2. The number of thiazole rings is 1. The van der Waals surface area contributed by atoms with Crippen molar-refractivity contribution < 1.29 is 18.7 Å². The van der Waals surface area contributed by atoms with Crippen LogP contribution in [0.4, 0.5) is 4.39 Å². The number of aromatic nitrogens is 1. The van der Waals surface area contributed by atoms with Crippen molar-refractivity contribution in [3.63, 3.8) is 0 Å². The number of hydrogen-bond acceptors (Lipinski definition) is 4.